The number of quaternary nitrogens is 2. The van der Waals surface area contributed by atoms with Crippen molar-refractivity contribution in [3.63, 3.8) is 0 Å². The Kier molecular flexibility index (Phi) is 5.56. The van der Waals surface area contributed by atoms with E-state index in [-0.39, 0.29) is 17.3 Å². The third-order valence-corrected chi connectivity index (χ3v) is 5.92. The average molecular weight is 396 g/mol. The van der Waals surface area contributed by atoms with Crippen LogP contribution in [0.1, 0.15) is 28.4 Å². The van der Waals surface area contributed by atoms with E-state index in [0.717, 1.165) is 49.6 Å². The molecule has 0 amide bonds. The van der Waals surface area contributed by atoms with Gasteiger partial charge in [0, 0.05) is 0 Å². The van der Waals surface area contributed by atoms with E-state index in [1.807, 2.05) is 24.3 Å². The molecule has 2 heterocycles. The lowest BCUT2D eigenvalue weighted by Crippen LogP contribution is -3.27. The van der Waals surface area contributed by atoms with Crippen molar-refractivity contribution in [1.29, 1.82) is 0 Å². The number of hydrogen-bond donors (Lipinski definition) is 3. The number of carbonyl (C=O) groups excluding carboxylic acids is 1. The zero-order valence-corrected chi connectivity index (χ0v) is 17.0. The minimum absolute atomic E-state index is 0.146. The van der Waals surface area contributed by atoms with Gasteiger partial charge >= 0.3 is 0 Å². The van der Waals surface area contributed by atoms with Crippen LogP contribution < -0.4 is 19.3 Å². The Morgan fingerprint density at radius 2 is 1.76 bits per heavy atom. The number of ether oxygens (including phenoxy) is 2. The summed E-state index contributed by atoms with van der Waals surface area (Å²) >= 11 is 0. The Hall–Kier alpha value is -2.83. The standard InChI is InChI=1S/C23H26N2O4/c1-3-24-10-12-25(13-11-24)15-19-20(26)9-8-18-22(27)21(29-23(18)19)14-16-4-6-17(28-2)7-5-16/h4-9,14,26H,3,10-13,15H2,1-2H3/p+2. The molecule has 1 saturated heterocycles. The Balaban J connectivity index is 1.57. The number of allylic oxidation sites excluding steroid dienone is 1. The van der Waals surface area contributed by atoms with Crippen molar-refractivity contribution in [1.82, 2.24) is 0 Å². The van der Waals surface area contributed by atoms with Gasteiger partial charge in [0.15, 0.2) is 11.5 Å². The maximum atomic E-state index is 12.9. The van der Waals surface area contributed by atoms with Crippen LogP contribution in [-0.4, -0.2) is 50.7 Å². The summed E-state index contributed by atoms with van der Waals surface area (Å²) in [7, 11) is 1.62. The molecule has 3 N–H and O–H groups in total. The van der Waals surface area contributed by atoms with Crippen molar-refractivity contribution in [2.45, 2.75) is 13.5 Å². The molecule has 2 aromatic rings. The van der Waals surface area contributed by atoms with Gasteiger partial charge in [-0.3, -0.25) is 4.79 Å². The molecule has 6 heteroatoms. The summed E-state index contributed by atoms with van der Waals surface area (Å²) in [6, 6.07) is 10.7. The SMILES string of the molecule is CC[NH+]1CC[NH+](Cc2c(O)ccc3c2OC(=Cc2ccc(OC)cc2)C3=O)CC1. The highest BCUT2D eigenvalue weighted by Gasteiger charge is 2.33. The first-order valence-corrected chi connectivity index (χ1v) is 10.2. The molecule has 0 spiro atoms. The largest absolute Gasteiger partial charge is 0.507 e. The summed E-state index contributed by atoms with van der Waals surface area (Å²) in [5.41, 5.74) is 2.11. The Bertz CT molecular complexity index is 929. The zero-order valence-electron chi connectivity index (χ0n) is 17.0. The summed E-state index contributed by atoms with van der Waals surface area (Å²) in [5, 5.41) is 10.5. The van der Waals surface area contributed by atoms with Gasteiger partial charge in [0.05, 0.1) is 24.8 Å². The number of nitrogens with one attached hydrogen (secondary N) is 2. The van der Waals surface area contributed by atoms with Gasteiger partial charge in [0.1, 0.15) is 44.2 Å². The normalized spacial score (nSPS) is 22.4. The second kappa shape index (κ2) is 8.27. The van der Waals surface area contributed by atoms with Gasteiger partial charge in [0.25, 0.3) is 0 Å². The molecule has 1 fully saturated rings. The maximum absolute atomic E-state index is 12.9. The van der Waals surface area contributed by atoms with Crippen LogP contribution in [0.4, 0.5) is 0 Å². The van der Waals surface area contributed by atoms with Crippen LogP contribution in [0, 0.1) is 0 Å². The van der Waals surface area contributed by atoms with E-state index in [1.54, 1.807) is 30.2 Å². The molecule has 2 aromatic carbocycles. The number of fused-ring (bicyclic) bond motifs is 1. The number of benzene rings is 2. The Labute approximate surface area is 171 Å². The van der Waals surface area contributed by atoms with E-state index in [2.05, 4.69) is 6.92 Å². The predicted molar refractivity (Wildman–Crippen MR) is 110 cm³/mol. The minimum Gasteiger partial charge on any atom is -0.507 e. The number of phenolic OH excluding ortho intramolecular Hbond substituents is 1. The fourth-order valence-electron chi connectivity index (χ4n) is 4.06. The molecular weight excluding hydrogens is 368 g/mol. The van der Waals surface area contributed by atoms with E-state index in [0.29, 0.717) is 17.9 Å². The molecule has 0 unspecified atom stereocenters. The van der Waals surface area contributed by atoms with Gasteiger partial charge in [-0.1, -0.05) is 12.1 Å². The number of hydrogen-bond acceptors (Lipinski definition) is 4. The average Bonchev–Trinajstić information content (AvgIpc) is 3.07. The van der Waals surface area contributed by atoms with Gasteiger partial charge in [-0.25, -0.2) is 0 Å². The molecule has 29 heavy (non-hydrogen) atoms. The van der Waals surface area contributed by atoms with E-state index < -0.39 is 0 Å². The van der Waals surface area contributed by atoms with Crippen molar-refractivity contribution in [2.75, 3.05) is 39.8 Å². The third kappa shape index (κ3) is 3.99. The highest BCUT2D eigenvalue weighted by Crippen LogP contribution is 2.39. The van der Waals surface area contributed by atoms with Gasteiger partial charge < -0.3 is 24.4 Å². The molecule has 0 aliphatic carbocycles. The maximum Gasteiger partial charge on any atom is 0.231 e. The van der Waals surface area contributed by atoms with Crippen molar-refractivity contribution in [2.24, 2.45) is 0 Å². The number of Topliss-reactive ketones (excluding diaryl/α,β-unsaturated/α-hetero) is 1. The van der Waals surface area contributed by atoms with Crippen LogP contribution >= 0.6 is 0 Å². The smallest absolute Gasteiger partial charge is 0.231 e. The number of aromatic hydroxyl groups is 1. The fraction of sp³-hybridized carbons (Fsp3) is 0.348. The Morgan fingerprint density at radius 3 is 2.41 bits per heavy atom. The summed E-state index contributed by atoms with van der Waals surface area (Å²) < 4.78 is 11.2. The van der Waals surface area contributed by atoms with Crippen LogP contribution in [-0.2, 0) is 6.54 Å². The molecule has 0 radical (unpaired) electrons. The molecule has 6 nitrogen and oxygen atoms in total. The van der Waals surface area contributed by atoms with Gasteiger partial charge in [-0.15, -0.1) is 0 Å². The minimum atomic E-state index is -0.146. The first-order chi connectivity index (χ1) is 14.1. The topological polar surface area (TPSA) is 64.6 Å². The van der Waals surface area contributed by atoms with Crippen LogP contribution in [0.15, 0.2) is 42.2 Å². The number of likely N-dealkylation sites (N-methyl/N-ethyl adjacent to an activating group) is 1. The number of rotatable bonds is 5. The van der Waals surface area contributed by atoms with Crippen LogP contribution in [0.2, 0.25) is 0 Å². The summed E-state index contributed by atoms with van der Waals surface area (Å²) in [6.45, 7) is 8.38. The van der Waals surface area contributed by atoms with Crippen molar-refractivity contribution in [3.8, 4) is 17.2 Å². The molecule has 2 aliphatic rings. The summed E-state index contributed by atoms with van der Waals surface area (Å²) in [4.78, 5) is 15.9. The van der Waals surface area contributed by atoms with E-state index in [4.69, 9.17) is 9.47 Å². The van der Waals surface area contributed by atoms with E-state index in [1.165, 1.54) is 4.90 Å². The first kappa shape index (κ1) is 19.5. The predicted octanol–water partition coefficient (Wildman–Crippen LogP) is 0.320. The zero-order chi connectivity index (χ0) is 20.4. The number of ketones is 1. The lowest BCUT2D eigenvalue weighted by Gasteiger charge is -2.29. The van der Waals surface area contributed by atoms with Crippen LogP contribution in [0.5, 0.6) is 17.2 Å². The molecule has 4 rings (SSSR count). The summed E-state index contributed by atoms with van der Waals surface area (Å²) in [6.07, 6.45) is 1.73. The second-order valence-corrected chi connectivity index (χ2v) is 7.68. The van der Waals surface area contributed by atoms with Gasteiger partial charge in [-0.2, -0.15) is 0 Å². The van der Waals surface area contributed by atoms with Crippen molar-refractivity contribution < 1.29 is 29.2 Å². The number of phenols is 1. The Morgan fingerprint density at radius 1 is 1.07 bits per heavy atom. The molecule has 0 atom stereocenters. The van der Waals surface area contributed by atoms with E-state index >= 15 is 0 Å². The van der Waals surface area contributed by atoms with Crippen LogP contribution in [0.3, 0.4) is 0 Å². The van der Waals surface area contributed by atoms with Crippen molar-refractivity contribution >= 4 is 11.9 Å². The second-order valence-electron chi connectivity index (χ2n) is 7.68. The number of methoxy groups -OCH3 is 1. The number of carbonyl (C=O) groups is 1. The highest BCUT2D eigenvalue weighted by atomic mass is 16.5. The van der Waals surface area contributed by atoms with Crippen molar-refractivity contribution in [3.05, 3.63) is 58.8 Å². The lowest BCUT2D eigenvalue weighted by molar-refractivity contribution is -1.02. The number of piperazine rings is 1. The lowest BCUT2D eigenvalue weighted by atomic mass is 10.0. The van der Waals surface area contributed by atoms with Gasteiger partial charge in [-0.05, 0) is 42.8 Å². The fourth-order valence-corrected chi connectivity index (χ4v) is 4.06. The highest BCUT2D eigenvalue weighted by molar-refractivity contribution is 6.14. The molecule has 0 bridgehead atoms. The molecule has 0 saturated carbocycles. The third-order valence-electron chi connectivity index (χ3n) is 5.92. The molecule has 2 aliphatic heterocycles. The molecule has 152 valence electrons. The summed E-state index contributed by atoms with van der Waals surface area (Å²) in [5.74, 6) is 1.60. The molecular formula is C23H28N2O4+2. The van der Waals surface area contributed by atoms with Gasteiger partial charge in [0.2, 0.25) is 5.78 Å². The monoisotopic (exact) mass is 396 g/mol. The molecule has 0 aromatic heterocycles. The van der Waals surface area contributed by atoms with E-state index in [9.17, 15) is 9.90 Å². The van der Waals surface area contributed by atoms with Crippen LogP contribution in [0.25, 0.3) is 6.08 Å². The quantitative estimate of drug-likeness (QED) is 0.637. The first-order valence-electron chi connectivity index (χ1n) is 10.2.